The first-order valence-corrected chi connectivity index (χ1v) is 11.3. The van der Waals surface area contributed by atoms with Crippen LogP contribution in [0.2, 0.25) is 0 Å². The maximum absolute atomic E-state index is 12.5. The van der Waals surface area contributed by atoms with E-state index < -0.39 is 6.23 Å². The summed E-state index contributed by atoms with van der Waals surface area (Å²) < 4.78 is 0. The number of amides is 1. The van der Waals surface area contributed by atoms with Crippen molar-refractivity contribution in [2.75, 3.05) is 18.4 Å². The molecule has 0 bridgehead atoms. The number of aromatic nitrogens is 1. The summed E-state index contributed by atoms with van der Waals surface area (Å²) in [4.78, 5) is 18.6. The number of nitrogens with one attached hydrogen (secondary N) is 3. The average Bonchev–Trinajstić information content (AvgIpc) is 3.37. The quantitative estimate of drug-likeness (QED) is 0.452. The summed E-state index contributed by atoms with van der Waals surface area (Å²) in [7, 11) is 0. The molecule has 1 fully saturated rings. The molecular weight excluding hydrogens is 388 g/mol. The molecule has 0 saturated carbocycles. The van der Waals surface area contributed by atoms with Crippen LogP contribution in [0.15, 0.2) is 36.4 Å². The summed E-state index contributed by atoms with van der Waals surface area (Å²) in [5.74, 6) is -0.0444. The fourth-order valence-electron chi connectivity index (χ4n) is 4.77. The van der Waals surface area contributed by atoms with Crippen molar-refractivity contribution in [3.8, 4) is 11.3 Å². The fourth-order valence-corrected chi connectivity index (χ4v) is 4.77. The predicted octanol–water partition coefficient (Wildman–Crippen LogP) is 4.20. The molecule has 31 heavy (non-hydrogen) atoms. The Morgan fingerprint density at radius 1 is 1.13 bits per heavy atom. The Morgan fingerprint density at radius 2 is 1.97 bits per heavy atom. The highest BCUT2D eigenvalue weighted by Gasteiger charge is 2.25. The number of carbonyl (C=O) groups is 1. The second-order valence-electron chi connectivity index (χ2n) is 8.75. The minimum atomic E-state index is -0.615. The van der Waals surface area contributed by atoms with E-state index in [1.165, 1.54) is 37.9 Å². The van der Waals surface area contributed by atoms with E-state index in [1.807, 2.05) is 19.1 Å². The largest absolute Gasteiger partial charge is 0.374 e. The van der Waals surface area contributed by atoms with Crippen LogP contribution >= 0.6 is 0 Å². The van der Waals surface area contributed by atoms with Gasteiger partial charge in [-0.25, -0.2) is 0 Å². The van der Waals surface area contributed by atoms with Gasteiger partial charge < -0.3 is 20.7 Å². The molecule has 5 rings (SSSR count). The molecule has 2 aliphatic rings. The first kappa shape index (κ1) is 20.1. The predicted molar refractivity (Wildman–Crippen MR) is 124 cm³/mol. The number of H-pyrrole nitrogens is 1. The van der Waals surface area contributed by atoms with E-state index in [0.29, 0.717) is 13.0 Å². The van der Waals surface area contributed by atoms with E-state index in [0.717, 1.165) is 45.5 Å². The van der Waals surface area contributed by atoms with Crippen LogP contribution in [-0.2, 0) is 13.1 Å². The summed E-state index contributed by atoms with van der Waals surface area (Å²) in [5.41, 5.74) is 6.68. The SMILES string of the molecule is CCC(O)Nc1cc2c(c(-c3cc4cc(CN5CCCCC5)ccc4[nH]3)c1)C(=O)NC2. The van der Waals surface area contributed by atoms with Crippen LogP contribution in [-0.4, -0.2) is 40.2 Å². The van der Waals surface area contributed by atoms with E-state index in [1.54, 1.807) is 0 Å². The van der Waals surface area contributed by atoms with Crippen molar-refractivity contribution in [3.63, 3.8) is 0 Å². The number of likely N-dealkylation sites (tertiary alicyclic amines) is 1. The van der Waals surface area contributed by atoms with Gasteiger partial charge in [0.25, 0.3) is 5.91 Å². The number of carbonyl (C=O) groups excluding carboxylic acids is 1. The number of rotatable bonds is 6. The molecule has 1 aromatic heterocycles. The van der Waals surface area contributed by atoms with E-state index in [4.69, 9.17) is 0 Å². The van der Waals surface area contributed by atoms with E-state index in [-0.39, 0.29) is 5.91 Å². The van der Waals surface area contributed by atoms with Gasteiger partial charge in [-0.05, 0) is 73.8 Å². The van der Waals surface area contributed by atoms with Crippen molar-refractivity contribution in [3.05, 3.63) is 53.1 Å². The number of nitrogens with zero attached hydrogens (tertiary/aromatic N) is 1. The molecule has 6 heteroatoms. The Balaban J connectivity index is 1.50. The molecule has 2 aliphatic heterocycles. The van der Waals surface area contributed by atoms with Gasteiger partial charge in [-0.15, -0.1) is 0 Å². The summed E-state index contributed by atoms with van der Waals surface area (Å²) in [6.07, 6.45) is 3.92. The van der Waals surface area contributed by atoms with Gasteiger partial charge in [0.1, 0.15) is 6.23 Å². The van der Waals surface area contributed by atoms with Gasteiger partial charge in [0.15, 0.2) is 0 Å². The number of hydrogen-bond donors (Lipinski definition) is 4. The molecule has 0 aliphatic carbocycles. The fraction of sp³-hybridized carbons (Fsp3) is 0.400. The summed E-state index contributed by atoms with van der Waals surface area (Å²) in [6, 6.07) is 12.6. The lowest BCUT2D eigenvalue weighted by Crippen LogP contribution is -2.28. The van der Waals surface area contributed by atoms with Crippen LogP contribution in [0.3, 0.4) is 0 Å². The molecule has 3 heterocycles. The van der Waals surface area contributed by atoms with Crippen molar-refractivity contribution >= 4 is 22.5 Å². The molecule has 1 atom stereocenters. The highest BCUT2D eigenvalue weighted by Crippen LogP contribution is 2.34. The van der Waals surface area contributed by atoms with E-state index in [2.05, 4.69) is 44.8 Å². The van der Waals surface area contributed by atoms with Crippen LogP contribution in [0.1, 0.15) is 54.1 Å². The zero-order valence-electron chi connectivity index (χ0n) is 18.0. The zero-order chi connectivity index (χ0) is 21.4. The van der Waals surface area contributed by atoms with E-state index in [9.17, 15) is 9.90 Å². The number of aromatic amines is 1. The van der Waals surface area contributed by atoms with Gasteiger partial charge in [-0.3, -0.25) is 9.69 Å². The minimum absolute atomic E-state index is 0.0444. The van der Waals surface area contributed by atoms with Crippen LogP contribution < -0.4 is 10.6 Å². The maximum Gasteiger partial charge on any atom is 0.252 e. The first-order valence-electron chi connectivity index (χ1n) is 11.3. The van der Waals surface area contributed by atoms with Gasteiger partial charge in [0.2, 0.25) is 0 Å². The molecule has 4 N–H and O–H groups in total. The molecule has 1 saturated heterocycles. The Labute approximate surface area is 182 Å². The second kappa shape index (κ2) is 8.36. The number of hydrogen-bond acceptors (Lipinski definition) is 4. The zero-order valence-corrected chi connectivity index (χ0v) is 18.0. The number of aliphatic hydroxyl groups excluding tert-OH is 1. The Hall–Kier alpha value is -2.83. The first-order chi connectivity index (χ1) is 15.1. The molecular formula is C25H30N4O2. The number of benzene rings is 2. The molecule has 2 aromatic carbocycles. The lowest BCUT2D eigenvalue weighted by Gasteiger charge is -2.26. The topological polar surface area (TPSA) is 80.4 Å². The van der Waals surface area contributed by atoms with Gasteiger partial charge >= 0.3 is 0 Å². The van der Waals surface area contributed by atoms with Crippen molar-refractivity contribution in [2.24, 2.45) is 0 Å². The smallest absolute Gasteiger partial charge is 0.252 e. The Bertz CT molecular complexity index is 1110. The van der Waals surface area contributed by atoms with Gasteiger partial charge in [-0.1, -0.05) is 19.4 Å². The molecule has 0 radical (unpaired) electrons. The lowest BCUT2D eigenvalue weighted by molar-refractivity contribution is 0.0966. The number of anilines is 1. The third kappa shape index (κ3) is 4.05. The normalized spacial score (nSPS) is 17.5. The number of piperidine rings is 1. The third-order valence-corrected chi connectivity index (χ3v) is 6.44. The standard InChI is InChI=1S/C25H30N4O2/c1-2-23(30)27-19-11-18-14-26-25(31)24(18)20(13-19)22-12-17-10-16(6-7-21(17)28-22)15-29-8-4-3-5-9-29/h6-7,10-13,23,27-28,30H,2-5,8-9,14-15H2,1H3,(H,26,31). The number of fused-ring (bicyclic) bond motifs is 2. The van der Waals surface area contributed by atoms with Crippen LogP contribution in [0.4, 0.5) is 5.69 Å². The van der Waals surface area contributed by atoms with Crippen molar-refractivity contribution in [2.45, 2.75) is 51.9 Å². The van der Waals surface area contributed by atoms with Gasteiger partial charge in [0.05, 0.1) is 5.56 Å². The number of aliphatic hydroxyl groups is 1. The highest BCUT2D eigenvalue weighted by atomic mass is 16.3. The van der Waals surface area contributed by atoms with Gasteiger partial charge in [-0.2, -0.15) is 0 Å². The molecule has 1 unspecified atom stereocenters. The molecule has 3 aromatic rings. The second-order valence-corrected chi connectivity index (χ2v) is 8.75. The lowest BCUT2D eigenvalue weighted by atomic mass is 9.99. The van der Waals surface area contributed by atoms with E-state index >= 15 is 0 Å². The van der Waals surface area contributed by atoms with Crippen molar-refractivity contribution in [1.29, 1.82) is 0 Å². The highest BCUT2D eigenvalue weighted by molar-refractivity contribution is 6.06. The monoisotopic (exact) mass is 418 g/mol. The maximum atomic E-state index is 12.5. The average molecular weight is 419 g/mol. The van der Waals surface area contributed by atoms with Crippen LogP contribution in [0, 0.1) is 0 Å². The Kier molecular flexibility index (Phi) is 5.42. The summed E-state index contributed by atoms with van der Waals surface area (Å²) in [5, 5.41) is 17.3. The molecule has 6 nitrogen and oxygen atoms in total. The van der Waals surface area contributed by atoms with Crippen LogP contribution in [0.5, 0.6) is 0 Å². The summed E-state index contributed by atoms with van der Waals surface area (Å²) in [6.45, 7) is 5.79. The summed E-state index contributed by atoms with van der Waals surface area (Å²) >= 11 is 0. The molecule has 1 amide bonds. The third-order valence-electron chi connectivity index (χ3n) is 6.44. The molecule has 162 valence electrons. The Morgan fingerprint density at radius 3 is 2.77 bits per heavy atom. The van der Waals surface area contributed by atoms with Gasteiger partial charge in [0, 0.05) is 40.9 Å². The van der Waals surface area contributed by atoms with Crippen molar-refractivity contribution in [1.82, 2.24) is 15.2 Å². The van der Waals surface area contributed by atoms with Crippen molar-refractivity contribution < 1.29 is 9.90 Å². The van der Waals surface area contributed by atoms with Crippen LogP contribution in [0.25, 0.3) is 22.2 Å². The molecule has 0 spiro atoms. The minimum Gasteiger partial charge on any atom is -0.374 e.